The maximum atomic E-state index is 13.1. The molecule has 1 aliphatic carbocycles. The minimum atomic E-state index is -0.113. The fourth-order valence-electron chi connectivity index (χ4n) is 4.84. The van der Waals surface area contributed by atoms with Gasteiger partial charge in [-0.3, -0.25) is 9.78 Å². The second kappa shape index (κ2) is 9.08. The lowest BCUT2D eigenvalue weighted by Crippen LogP contribution is -2.46. The Kier molecular flexibility index (Phi) is 7.54. The molecule has 3 aliphatic rings. The van der Waals surface area contributed by atoms with Crippen molar-refractivity contribution in [2.75, 3.05) is 26.2 Å². The van der Waals surface area contributed by atoms with Gasteiger partial charge >= 0.3 is 0 Å². The fraction of sp³-hybridized carbons (Fsp3) is 0.700. The number of aromatic nitrogens is 1. The molecule has 7 heteroatoms. The Bertz CT molecular complexity index is 617. The number of nitrogens with one attached hydrogen (secondary N) is 1. The van der Waals surface area contributed by atoms with Gasteiger partial charge < -0.3 is 15.0 Å². The first-order chi connectivity index (χ1) is 12.1. The summed E-state index contributed by atoms with van der Waals surface area (Å²) in [4.78, 5) is 19.3. The molecule has 3 fully saturated rings. The van der Waals surface area contributed by atoms with E-state index in [-0.39, 0.29) is 41.7 Å². The zero-order chi connectivity index (χ0) is 17.3. The maximum absolute atomic E-state index is 13.1. The van der Waals surface area contributed by atoms with Crippen molar-refractivity contribution in [2.45, 2.75) is 51.7 Å². The summed E-state index contributed by atoms with van der Waals surface area (Å²) in [5.74, 6) is 0.389. The topological polar surface area (TPSA) is 54.5 Å². The second-order valence-corrected chi connectivity index (χ2v) is 8.20. The van der Waals surface area contributed by atoms with Gasteiger partial charge in [-0.05, 0) is 62.2 Å². The molecule has 1 saturated carbocycles. The van der Waals surface area contributed by atoms with Crippen molar-refractivity contribution in [3.63, 3.8) is 0 Å². The van der Waals surface area contributed by atoms with E-state index in [4.69, 9.17) is 4.74 Å². The molecule has 4 rings (SSSR count). The molecule has 0 aromatic carbocycles. The molecule has 1 amide bonds. The predicted molar refractivity (Wildman–Crippen MR) is 110 cm³/mol. The molecular formula is C20H31Cl2N3O2. The molecule has 1 N–H and O–H groups in total. The van der Waals surface area contributed by atoms with Crippen molar-refractivity contribution in [3.8, 4) is 0 Å². The van der Waals surface area contributed by atoms with Gasteiger partial charge in [0.15, 0.2) is 0 Å². The molecular weight excluding hydrogens is 385 g/mol. The maximum Gasteiger partial charge on any atom is 0.229 e. The first-order valence-corrected chi connectivity index (χ1v) is 9.64. The van der Waals surface area contributed by atoms with Crippen LogP contribution in [0.2, 0.25) is 0 Å². The quantitative estimate of drug-likeness (QED) is 0.819. The van der Waals surface area contributed by atoms with Gasteiger partial charge in [0.25, 0.3) is 0 Å². The Balaban J connectivity index is 0.00000131. The van der Waals surface area contributed by atoms with Gasteiger partial charge in [-0.15, -0.1) is 24.8 Å². The zero-order valence-electron chi connectivity index (χ0n) is 16.0. The van der Waals surface area contributed by atoms with Gasteiger partial charge in [0.05, 0.1) is 18.1 Å². The number of ether oxygens (including phenoxy) is 1. The lowest BCUT2D eigenvalue weighted by Gasteiger charge is -2.36. The van der Waals surface area contributed by atoms with Crippen molar-refractivity contribution in [1.82, 2.24) is 15.2 Å². The standard InChI is InChI=1S/C20H29N3O2.2ClH/c1-19(15-20(19)6-9-21-10-7-20)18(24)23-11-4-17(5-12-23)25-14-16-3-2-8-22-13-16;;/h2-3,8,13,17,21H,4-7,9-12,14-15H2,1H3;2*1H. The molecule has 2 saturated heterocycles. The van der Waals surface area contributed by atoms with Crippen LogP contribution in [-0.2, 0) is 16.1 Å². The van der Waals surface area contributed by atoms with Gasteiger partial charge in [0.1, 0.15) is 0 Å². The van der Waals surface area contributed by atoms with E-state index in [1.165, 1.54) is 0 Å². The molecule has 1 spiro atoms. The number of hydrogen-bond acceptors (Lipinski definition) is 4. The summed E-state index contributed by atoms with van der Waals surface area (Å²) in [7, 11) is 0. The van der Waals surface area contributed by atoms with Crippen LogP contribution in [0, 0.1) is 10.8 Å². The van der Waals surface area contributed by atoms with Crippen molar-refractivity contribution in [1.29, 1.82) is 0 Å². The molecule has 1 unspecified atom stereocenters. The van der Waals surface area contributed by atoms with E-state index in [1.807, 2.05) is 18.3 Å². The summed E-state index contributed by atoms with van der Waals surface area (Å²) in [6.07, 6.45) is 9.15. The Labute approximate surface area is 174 Å². The normalized spacial score (nSPS) is 26.8. The van der Waals surface area contributed by atoms with Crippen LogP contribution in [0.25, 0.3) is 0 Å². The summed E-state index contributed by atoms with van der Waals surface area (Å²) in [6.45, 7) is 6.60. The van der Waals surface area contributed by atoms with Gasteiger partial charge in [0.2, 0.25) is 5.91 Å². The van der Waals surface area contributed by atoms with Gasteiger partial charge in [-0.2, -0.15) is 0 Å². The summed E-state index contributed by atoms with van der Waals surface area (Å²) < 4.78 is 6.02. The molecule has 1 aromatic rings. The smallest absolute Gasteiger partial charge is 0.229 e. The number of carbonyl (C=O) groups is 1. The van der Waals surface area contributed by atoms with Crippen LogP contribution in [-0.4, -0.2) is 48.1 Å². The number of rotatable bonds is 4. The monoisotopic (exact) mass is 415 g/mol. The molecule has 3 heterocycles. The van der Waals surface area contributed by atoms with Crippen LogP contribution in [0.5, 0.6) is 0 Å². The highest BCUT2D eigenvalue weighted by molar-refractivity contribution is 5.87. The number of halogens is 2. The molecule has 27 heavy (non-hydrogen) atoms. The van der Waals surface area contributed by atoms with E-state index in [0.29, 0.717) is 12.5 Å². The molecule has 2 aliphatic heterocycles. The number of piperidine rings is 2. The number of carbonyl (C=O) groups excluding carboxylic acids is 1. The van der Waals surface area contributed by atoms with Crippen LogP contribution in [0.15, 0.2) is 24.5 Å². The van der Waals surface area contributed by atoms with E-state index in [0.717, 1.165) is 63.8 Å². The number of pyridine rings is 1. The van der Waals surface area contributed by atoms with E-state index in [9.17, 15) is 4.79 Å². The van der Waals surface area contributed by atoms with E-state index < -0.39 is 0 Å². The summed E-state index contributed by atoms with van der Waals surface area (Å²) in [5.41, 5.74) is 1.28. The van der Waals surface area contributed by atoms with Crippen LogP contribution in [0.4, 0.5) is 0 Å². The first kappa shape index (κ1) is 22.4. The Morgan fingerprint density at radius 3 is 2.63 bits per heavy atom. The van der Waals surface area contributed by atoms with Crippen molar-refractivity contribution < 1.29 is 9.53 Å². The van der Waals surface area contributed by atoms with Crippen LogP contribution in [0.3, 0.4) is 0 Å². The largest absolute Gasteiger partial charge is 0.373 e. The summed E-state index contributed by atoms with van der Waals surface area (Å²) in [5, 5.41) is 3.42. The third-order valence-corrected chi connectivity index (χ3v) is 6.71. The minimum absolute atomic E-state index is 0. The third-order valence-electron chi connectivity index (χ3n) is 6.71. The molecule has 0 bridgehead atoms. The highest BCUT2D eigenvalue weighted by Gasteiger charge is 2.68. The highest BCUT2D eigenvalue weighted by Crippen LogP contribution is 2.69. The Morgan fingerprint density at radius 1 is 1.30 bits per heavy atom. The van der Waals surface area contributed by atoms with Crippen LogP contribution < -0.4 is 5.32 Å². The number of amides is 1. The van der Waals surface area contributed by atoms with Gasteiger partial charge in [-0.1, -0.05) is 13.0 Å². The SMILES string of the molecule is CC1(C(=O)N2CCC(OCc3cccnc3)CC2)CC12CCNCC2.Cl.Cl. The summed E-state index contributed by atoms with van der Waals surface area (Å²) >= 11 is 0. The Hall–Kier alpha value is -0.880. The third kappa shape index (κ3) is 4.42. The fourth-order valence-corrected chi connectivity index (χ4v) is 4.84. The molecule has 1 atom stereocenters. The predicted octanol–water partition coefficient (Wildman–Crippen LogP) is 3.21. The van der Waals surface area contributed by atoms with Crippen molar-refractivity contribution in [3.05, 3.63) is 30.1 Å². The lowest BCUT2D eigenvalue weighted by molar-refractivity contribution is -0.141. The number of likely N-dealkylation sites (tertiary alicyclic amines) is 1. The number of hydrogen-bond donors (Lipinski definition) is 1. The second-order valence-electron chi connectivity index (χ2n) is 8.20. The average molecular weight is 416 g/mol. The zero-order valence-corrected chi connectivity index (χ0v) is 17.6. The molecule has 152 valence electrons. The lowest BCUT2D eigenvalue weighted by atomic mass is 9.84. The van der Waals surface area contributed by atoms with Crippen LogP contribution >= 0.6 is 24.8 Å². The minimum Gasteiger partial charge on any atom is -0.373 e. The van der Waals surface area contributed by atoms with Crippen molar-refractivity contribution in [2.24, 2.45) is 10.8 Å². The average Bonchev–Trinajstić information content (AvgIpc) is 3.25. The van der Waals surface area contributed by atoms with Gasteiger partial charge in [0, 0.05) is 25.5 Å². The summed E-state index contributed by atoms with van der Waals surface area (Å²) in [6, 6.07) is 3.98. The molecule has 1 aromatic heterocycles. The first-order valence-electron chi connectivity index (χ1n) is 9.64. The highest BCUT2D eigenvalue weighted by atomic mass is 35.5. The van der Waals surface area contributed by atoms with E-state index >= 15 is 0 Å². The molecule has 0 radical (unpaired) electrons. The Morgan fingerprint density at radius 2 is 2.00 bits per heavy atom. The number of nitrogens with zero attached hydrogens (tertiary/aromatic N) is 2. The molecule has 5 nitrogen and oxygen atoms in total. The van der Waals surface area contributed by atoms with E-state index in [2.05, 4.69) is 22.1 Å². The van der Waals surface area contributed by atoms with Gasteiger partial charge in [-0.25, -0.2) is 0 Å². The van der Waals surface area contributed by atoms with Crippen molar-refractivity contribution >= 4 is 30.7 Å². The van der Waals surface area contributed by atoms with E-state index in [1.54, 1.807) is 6.20 Å². The van der Waals surface area contributed by atoms with Crippen LogP contribution in [0.1, 0.15) is 44.6 Å².